The molecule has 1 N–H and O–H groups in total. The van der Waals surface area contributed by atoms with Crippen molar-refractivity contribution in [2.24, 2.45) is 5.92 Å². The number of benzene rings is 1. The molecular weight excluding hydrogens is 243 g/mol. The topological polar surface area (TPSA) is 32.3 Å². The number of halogens is 1. The fourth-order valence-corrected chi connectivity index (χ4v) is 3.12. The van der Waals surface area contributed by atoms with Crippen molar-refractivity contribution in [1.29, 1.82) is 0 Å². The predicted octanol–water partition coefficient (Wildman–Crippen LogP) is 2.44. The van der Waals surface area contributed by atoms with Crippen LogP contribution in [0, 0.1) is 11.7 Å². The lowest BCUT2D eigenvalue weighted by molar-refractivity contribution is -0.134. The summed E-state index contributed by atoms with van der Waals surface area (Å²) in [4.78, 5) is 14.2. The number of amides is 1. The summed E-state index contributed by atoms with van der Waals surface area (Å²) in [7, 11) is 0. The third kappa shape index (κ3) is 2.14. The molecule has 0 spiro atoms. The number of carbonyl (C=O) groups is 1. The van der Waals surface area contributed by atoms with Gasteiger partial charge in [0.05, 0.1) is 6.04 Å². The van der Waals surface area contributed by atoms with E-state index in [4.69, 9.17) is 0 Å². The zero-order valence-corrected chi connectivity index (χ0v) is 11.3. The minimum absolute atomic E-state index is 0.111. The van der Waals surface area contributed by atoms with Crippen molar-refractivity contribution >= 4 is 5.91 Å². The van der Waals surface area contributed by atoms with Gasteiger partial charge in [0, 0.05) is 6.04 Å². The van der Waals surface area contributed by atoms with E-state index in [1.807, 2.05) is 11.8 Å². The van der Waals surface area contributed by atoms with Gasteiger partial charge in [0.1, 0.15) is 12.0 Å². The maximum absolute atomic E-state index is 13.0. The summed E-state index contributed by atoms with van der Waals surface area (Å²) in [6.45, 7) is 4.10. The molecule has 1 heterocycles. The average molecular weight is 262 g/mol. The van der Waals surface area contributed by atoms with Crippen LogP contribution in [-0.4, -0.2) is 22.9 Å². The Morgan fingerprint density at radius 2 is 1.84 bits per heavy atom. The van der Waals surface area contributed by atoms with Crippen LogP contribution in [0.15, 0.2) is 24.3 Å². The highest BCUT2D eigenvalue weighted by Gasteiger charge is 2.44. The van der Waals surface area contributed by atoms with Gasteiger partial charge in [-0.15, -0.1) is 0 Å². The van der Waals surface area contributed by atoms with Gasteiger partial charge in [-0.3, -0.25) is 10.1 Å². The Balaban J connectivity index is 1.86. The van der Waals surface area contributed by atoms with E-state index in [9.17, 15) is 9.18 Å². The van der Waals surface area contributed by atoms with Crippen molar-refractivity contribution in [3.8, 4) is 0 Å². The van der Waals surface area contributed by atoms with E-state index in [0.29, 0.717) is 12.0 Å². The van der Waals surface area contributed by atoms with Gasteiger partial charge in [-0.25, -0.2) is 4.39 Å². The van der Waals surface area contributed by atoms with E-state index in [1.54, 1.807) is 12.1 Å². The van der Waals surface area contributed by atoms with Crippen molar-refractivity contribution in [2.45, 2.75) is 44.9 Å². The maximum atomic E-state index is 13.0. The zero-order valence-electron chi connectivity index (χ0n) is 11.3. The standard InChI is InChI=1S/C15H19FN2O/c1-9-7-13(8-9)18-14(17-10(2)15(18)19)11-3-5-12(16)6-4-11/h3-6,9-10,13-14,17H,7-8H2,1-2H3. The van der Waals surface area contributed by atoms with Crippen LogP contribution in [-0.2, 0) is 4.79 Å². The summed E-state index contributed by atoms with van der Waals surface area (Å²) in [5, 5.41) is 3.31. The third-order valence-electron chi connectivity index (χ3n) is 4.24. The van der Waals surface area contributed by atoms with Gasteiger partial charge in [0.25, 0.3) is 0 Å². The molecule has 1 saturated heterocycles. The summed E-state index contributed by atoms with van der Waals surface area (Å²) in [6.07, 6.45) is 2.02. The van der Waals surface area contributed by atoms with Crippen molar-refractivity contribution < 1.29 is 9.18 Å². The van der Waals surface area contributed by atoms with Crippen LogP contribution in [0.3, 0.4) is 0 Å². The Morgan fingerprint density at radius 1 is 1.21 bits per heavy atom. The van der Waals surface area contributed by atoms with Crippen LogP contribution < -0.4 is 5.32 Å². The molecule has 1 aliphatic carbocycles. The van der Waals surface area contributed by atoms with Crippen LogP contribution >= 0.6 is 0 Å². The number of hydrogen-bond acceptors (Lipinski definition) is 2. The molecule has 2 unspecified atom stereocenters. The summed E-state index contributed by atoms with van der Waals surface area (Å²) in [6, 6.07) is 6.58. The molecule has 3 rings (SSSR count). The zero-order chi connectivity index (χ0) is 13.6. The molecule has 2 fully saturated rings. The molecular formula is C15H19FN2O. The van der Waals surface area contributed by atoms with Gasteiger partial charge < -0.3 is 4.90 Å². The Hall–Kier alpha value is -1.42. The molecule has 3 nitrogen and oxygen atoms in total. The first kappa shape index (κ1) is 12.6. The average Bonchev–Trinajstić information content (AvgIpc) is 2.63. The maximum Gasteiger partial charge on any atom is 0.241 e. The van der Waals surface area contributed by atoms with E-state index in [2.05, 4.69) is 12.2 Å². The Bertz CT molecular complexity index is 481. The summed E-state index contributed by atoms with van der Waals surface area (Å²) >= 11 is 0. The summed E-state index contributed by atoms with van der Waals surface area (Å²) in [5.74, 6) is 0.610. The third-order valence-corrected chi connectivity index (χ3v) is 4.24. The van der Waals surface area contributed by atoms with Crippen LogP contribution in [0.1, 0.15) is 38.4 Å². The van der Waals surface area contributed by atoms with E-state index < -0.39 is 0 Å². The normalized spacial score (nSPS) is 34.5. The smallest absolute Gasteiger partial charge is 0.241 e. The quantitative estimate of drug-likeness (QED) is 0.888. The van der Waals surface area contributed by atoms with E-state index in [-0.39, 0.29) is 23.9 Å². The van der Waals surface area contributed by atoms with Crippen LogP contribution in [0.2, 0.25) is 0 Å². The summed E-state index contributed by atoms with van der Waals surface area (Å²) < 4.78 is 13.0. The highest BCUT2D eigenvalue weighted by molar-refractivity contribution is 5.84. The predicted molar refractivity (Wildman–Crippen MR) is 70.8 cm³/mol. The van der Waals surface area contributed by atoms with Gasteiger partial charge in [-0.2, -0.15) is 0 Å². The summed E-state index contributed by atoms with van der Waals surface area (Å²) in [5.41, 5.74) is 0.957. The first-order valence-electron chi connectivity index (χ1n) is 6.90. The molecule has 1 amide bonds. The number of nitrogens with zero attached hydrogens (tertiary/aromatic N) is 1. The van der Waals surface area contributed by atoms with E-state index in [1.165, 1.54) is 12.1 Å². The second-order valence-corrected chi connectivity index (χ2v) is 5.82. The number of rotatable bonds is 2. The van der Waals surface area contributed by atoms with Crippen LogP contribution in [0.25, 0.3) is 0 Å². The molecule has 0 bridgehead atoms. The Morgan fingerprint density at radius 3 is 2.42 bits per heavy atom. The number of carbonyl (C=O) groups excluding carboxylic acids is 1. The fraction of sp³-hybridized carbons (Fsp3) is 0.533. The van der Waals surface area contributed by atoms with Crippen molar-refractivity contribution in [3.63, 3.8) is 0 Å². The van der Waals surface area contributed by atoms with Crippen LogP contribution in [0.5, 0.6) is 0 Å². The molecule has 1 saturated carbocycles. The van der Waals surface area contributed by atoms with E-state index in [0.717, 1.165) is 18.4 Å². The molecule has 2 atom stereocenters. The number of nitrogens with one attached hydrogen (secondary N) is 1. The van der Waals surface area contributed by atoms with E-state index >= 15 is 0 Å². The molecule has 2 aliphatic rings. The van der Waals surface area contributed by atoms with Gasteiger partial charge in [0.2, 0.25) is 5.91 Å². The SMILES string of the molecule is CC1CC(N2C(=O)C(C)NC2c2ccc(F)cc2)C1. The first-order chi connectivity index (χ1) is 9.06. The first-order valence-corrected chi connectivity index (χ1v) is 6.90. The number of hydrogen-bond donors (Lipinski definition) is 1. The second-order valence-electron chi connectivity index (χ2n) is 5.82. The molecule has 4 heteroatoms. The van der Waals surface area contributed by atoms with Gasteiger partial charge in [0.15, 0.2) is 0 Å². The molecule has 0 aromatic heterocycles. The Kier molecular flexibility index (Phi) is 3.05. The molecule has 1 aliphatic heterocycles. The molecule has 102 valence electrons. The van der Waals surface area contributed by atoms with Crippen molar-refractivity contribution in [1.82, 2.24) is 10.2 Å². The molecule has 0 radical (unpaired) electrons. The minimum Gasteiger partial charge on any atom is -0.319 e. The lowest BCUT2D eigenvalue weighted by Gasteiger charge is -2.42. The molecule has 19 heavy (non-hydrogen) atoms. The van der Waals surface area contributed by atoms with Crippen molar-refractivity contribution in [3.05, 3.63) is 35.6 Å². The van der Waals surface area contributed by atoms with Gasteiger partial charge in [-0.05, 0) is 43.4 Å². The molecule has 1 aromatic carbocycles. The lowest BCUT2D eigenvalue weighted by atomic mass is 9.80. The monoisotopic (exact) mass is 262 g/mol. The lowest BCUT2D eigenvalue weighted by Crippen LogP contribution is -2.46. The van der Waals surface area contributed by atoms with Crippen LogP contribution in [0.4, 0.5) is 4.39 Å². The van der Waals surface area contributed by atoms with Crippen molar-refractivity contribution in [2.75, 3.05) is 0 Å². The highest BCUT2D eigenvalue weighted by Crippen LogP contribution is 2.38. The van der Waals surface area contributed by atoms with Gasteiger partial charge in [-0.1, -0.05) is 19.1 Å². The Labute approximate surface area is 112 Å². The highest BCUT2D eigenvalue weighted by atomic mass is 19.1. The fourth-order valence-electron chi connectivity index (χ4n) is 3.12. The minimum atomic E-state index is -0.245. The largest absolute Gasteiger partial charge is 0.319 e. The second kappa shape index (κ2) is 4.60. The van der Waals surface area contributed by atoms with Gasteiger partial charge >= 0.3 is 0 Å². The molecule has 1 aromatic rings.